The first-order valence-corrected chi connectivity index (χ1v) is 10.7. The summed E-state index contributed by atoms with van der Waals surface area (Å²) in [7, 11) is -1.49. The molecule has 0 atom stereocenters. The van der Waals surface area contributed by atoms with Crippen LogP contribution in [0.25, 0.3) is 16.9 Å². The number of nitrogens with one attached hydrogen (secondary N) is 2. The fourth-order valence-electron chi connectivity index (χ4n) is 4.31. The molecule has 0 aliphatic carbocycles. The molecule has 4 aromatic rings. The van der Waals surface area contributed by atoms with E-state index in [1.54, 1.807) is 12.1 Å². The molecule has 3 heterocycles. The summed E-state index contributed by atoms with van der Waals surface area (Å²) in [4.78, 5) is 9.74. The minimum atomic E-state index is -1.49. The first-order chi connectivity index (χ1) is 15.5. The van der Waals surface area contributed by atoms with Crippen molar-refractivity contribution < 1.29 is 10.0 Å². The van der Waals surface area contributed by atoms with E-state index in [9.17, 15) is 10.0 Å². The van der Waals surface area contributed by atoms with Gasteiger partial charge in [-0.05, 0) is 35.6 Å². The van der Waals surface area contributed by atoms with Gasteiger partial charge in [0.1, 0.15) is 0 Å². The lowest BCUT2D eigenvalue weighted by molar-refractivity contribution is 0.425. The number of anilines is 2. The number of aromatic nitrogens is 3. The van der Waals surface area contributed by atoms with Crippen molar-refractivity contribution in [2.45, 2.75) is 26.4 Å². The largest absolute Gasteiger partial charge is 0.488 e. The van der Waals surface area contributed by atoms with E-state index < -0.39 is 7.12 Å². The zero-order valence-electron chi connectivity index (χ0n) is 17.8. The third-order valence-corrected chi connectivity index (χ3v) is 5.89. The predicted octanol–water partition coefficient (Wildman–Crippen LogP) is 1.45. The van der Waals surface area contributed by atoms with Crippen molar-refractivity contribution in [2.75, 3.05) is 17.2 Å². The maximum atomic E-state index is 9.45. The molecule has 0 bridgehead atoms. The number of nitrogens with zero attached hydrogens (tertiary/aromatic N) is 3. The summed E-state index contributed by atoms with van der Waals surface area (Å²) < 4.78 is 2.07. The molecule has 1 aliphatic rings. The third kappa shape index (κ3) is 3.60. The number of fused-ring (bicyclic) bond motifs is 2. The molecule has 0 radical (unpaired) electrons. The van der Waals surface area contributed by atoms with Crippen LogP contribution in [0.1, 0.15) is 22.5 Å². The van der Waals surface area contributed by atoms with E-state index >= 15 is 0 Å². The lowest BCUT2D eigenvalue weighted by Gasteiger charge is -2.14. The quantitative estimate of drug-likeness (QED) is 0.295. The summed E-state index contributed by atoms with van der Waals surface area (Å²) in [5, 5.41) is 26.8. The van der Waals surface area contributed by atoms with Crippen LogP contribution in [0.2, 0.25) is 0 Å². The van der Waals surface area contributed by atoms with Crippen LogP contribution < -0.4 is 21.8 Å². The van der Waals surface area contributed by atoms with Crippen LogP contribution >= 0.6 is 0 Å². The molecule has 2 aromatic carbocycles. The molecule has 0 unspecified atom stereocenters. The Morgan fingerprint density at radius 1 is 1.16 bits per heavy atom. The van der Waals surface area contributed by atoms with Crippen molar-refractivity contribution in [3.63, 3.8) is 0 Å². The maximum absolute atomic E-state index is 9.45. The van der Waals surface area contributed by atoms with E-state index in [1.165, 1.54) is 0 Å². The fraction of sp³-hybridized carbons (Fsp3) is 0.217. The SMILES string of the molecule is Cc1cc2c(CN)cccc2n1-c1nc2c(c(NCc3cccc(B(O)O)c3)n1)NCC2. The van der Waals surface area contributed by atoms with Crippen molar-refractivity contribution in [3.8, 4) is 5.95 Å². The average Bonchev–Trinajstić information content (AvgIpc) is 3.40. The summed E-state index contributed by atoms with van der Waals surface area (Å²) in [6, 6.07) is 15.5. The fourth-order valence-corrected chi connectivity index (χ4v) is 4.31. The van der Waals surface area contributed by atoms with Crippen LogP contribution in [-0.4, -0.2) is 38.2 Å². The standard InChI is InChI=1S/C23H25BN6O2/c1-14-10-18-16(12-25)5-3-7-20(18)30(14)23-28-19-8-9-26-21(19)22(29-23)27-13-15-4-2-6-17(11-15)24(31)32/h2-7,10-11,26,31-32H,8-9,12-13,25H2,1H3,(H,27,28,29). The topological polar surface area (TPSA) is 121 Å². The molecule has 0 amide bonds. The Balaban J connectivity index is 1.54. The Morgan fingerprint density at radius 2 is 2.00 bits per heavy atom. The minimum absolute atomic E-state index is 0.459. The monoisotopic (exact) mass is 428 g/mol. The van der Waals surface area contributed by atoms with Crippen LogP contribution in [0.15, 0.2) is 48.5 Å². The number of benzene rings is 2. The molecule has 9 heteroatoms. The van der Waals surface area contributed by atoms with Crippen molar-refractivity contribution in [2.24, 2.45) is 5.73 Å². The van der Waals surface area contributed by atoms with Gasteiger partial charge in [0.15, 0.2) is 5.82 Å². The molecule has 32 heavy (non-hydrogen) atoms. The Hall–Kier alpha value is -3.40. The molecule has 5 rings (SSSR count). The van der Waals surface area contributed by atoms with E-state index in [2.05, 4.69) is 27.3 Å². The Morgan fingerprint density at radius 3 is 2.81 bits per heavy atom. The minimum Gasteiger partial charge on any atom is -0.423 e. The highest BCUT2D eigenvalue weighted by Gasteiger charge is 2.21. The van der Waals surface area contributed by atoms with Gasteiger partial charge in [0.25, 0.3) is 0 Å². The second-order valence-corrected chi connectivity index (χ2v) is 8.02. The van der Waals surface area contributed by atoms with Gasteiger partial charge < -0.3 is 26.4 Å². The van der Waals surface area contributed by atoms with Crippen molar-refractivity contribution in [3.05, 3.63) is 71.0 Å². The molecule has 8 nitrogen and oxygen atoms in total. The lowest BCUT2D eigenvalue weighted by atomic mass is 9.80. The first-order valence-electron chi connectivity index (χ1n) is 10.7. The molecule has 0 saturated heterocycles. The smallest absolute Gasteiger partial charge is 0.423 e. The summed E-state index contributed by atoms with van der Waals surface area (Å²) >= 11 is 0. The number of rotatable bonds is 6. The van der Waals surface area contributed by atoms with Crippen molar-refractivity contribution in [1.29, 1.82) is 0 Å². The van der Waals surface area contributed by atoms with E-state index in [0.717, 1.165) is 57.9 Å². The molecule has 6 N–H and O–H groups in total. The molecular formula is C23H25BN6O2. The average molecular weight is 428 g/mol. The molecule has 0 spiro atoms. The van der Waals surface area contributed by atoms with Crippen LogP contribution in [0.4, 0.5) is 11.5 Å². The van der Waals surface area contributed by atoms with Crippen LogP contribution in [-0.2, 0) is 19.5 Å². The first kappa shape index (κ1) is 20.5. The molecule has 0 fully saturated rings. The molecular weight excluding hydrogens is 403 g/mol. The van der Waals surface area contributed by atoms with Crippen molar-refractivity contribution >= 4 is 35.0 Å². The summed E-state index contributed by atoms with van der Waals surface area (Å²) in [6.07, 6.45) is 0.831. The van der Waals surface area contributed by atoms with Gasteiger partial charge in [0.2, 0.25) is 5.95 Å². The maximum Gasteiger partial charge on any atom is 0.488 e. The Kier molecular flexibility index (Phi) is 5.30. The second kappa shape index (κ2) is 8.27. The van der Waals surface area contributed by atoms with Gasteiger partial charge in [0, 0.05) is 37.1 Å². The van der Waals surface area contributed by atoms with Gasteiger partial charge in [-0.1, -0.05) is 36.4 Å². The molecule has 1 aliphatic heterocycles. The number of hydrogen-bond donors (Lipinski definition) is 5. The van der Waals surface area contributed by atoms with Gasteiger partial charge >= 0.3 is 7.12 Å². The summed E-state index contributed by atoms with van der Waals surface area (Å²) in [5.41, 5.74) is 12.4. The molecule has 162 valence electrons. The lowest BCUT2D eigenvalue weighted by Crippen LogP contribution is -2.30. The second-order valence-electron chi connectivity index (χ2n) is 8.02. The number of aryl methyl sites for hydroxylation is 1. The van der Waals surface area contributed by atoms with Crippen LogP contribution in [0, 0.1) is 6.92 Å². The van der Waals surface area contributed by atoms with Gasteiger partial charge in [-0.2, -0.15) is 4.98 Å². The third-order valence-electron chi connectivity index (χ3n) is 5.89. The zero-order valence-corrected chi connectivity index (χ0v) is 17.8. The predicted molar refractivity (Wildman–Crippen MR) is 127 cm³/mol. The van der Waals surface area contributed by atoms with E-state index in [4.69, 9.17) is 15.7 Å². The highest BCUT2D eigenvalue weighted by molar-refractivity contribution is 6.58. The highest BCUT2D eigenvalue weighted by Crippen LogP contribution is 2.31. The van der Waals surface area contributed by atoms with Crippen LogP contribution in [0.5, 0.6) is 0 Å². The number of hydrogen-bond acceptors (Lipinski definition) is 7. The number of nitrogens with two attached hydrogens (primary N) is 1. The van der Waals surface area contributed by atoms with Crippen molar-refractivity contribution in [1.82, 2.24) is 14.5 Å². The summed E-state index contributed by atoms with van der Waals surface area (Å²) in [6.45, 7) is 3.84. The van der Waals surface area contributed by atoms with E-state index in [1.807, 2.05) is 31.2 Å². The van der Waals surface area contributed by atoms with E-state index in [-0.39, 0.29) is 0 Å². The van der Waals surface area contributed by atoms with Gasteiger partial charge in [0.05, 0.1) is 16.9 Å². The zero-order chi connectivity index (χ0) is 22.2. The Bertz CT molecular complexity index is 1300. The normalized spacial score (nSPS) is 12.6. The van der Waals surface area contributed by atoms with Gasteiger partial charge in [-0.25, -0.2) is 4.98 Å². The molecule has 2 aromatic heterocycles. The van der Waals surface area contributed by atoms with Gasteiger partial charge in [-0.3, -0.25) is 4.57 Å². The summed E-state index contributed by atoms with van der Waals surface area (Å²) in [5.74, 6) is 1.35. The Labute approximate surface area is 186 Å². The van der Waals surface area contributed by atoms with Gasteiger partial charge in [-0.15, -0.1) is 0 Å². The van der Waals surface area contributed by atoms with Crippen LogP contribution in [0.3, 0.4) is 0 Å². The molecule has 0 saturated carbocycles. The van der Waals surface area contributed by atoms with E-state index in [0.29, 0.717) is 24.5 Å². The highest BCUT2D eigenvalue weighted by atomic mass is 16.4.